The molecular formula is C25H23N5O2. The molecule has 1 aliphatic heterocycles. The van der Waals surface area contributed by atoms with E-state index in [0.29, 0.717) is 18.8 Å². The molecule has 2 aromatic heterocycles. The highest BCUT2D eigenvalue weighted by Gasteiger charge is 2.32. The zero-order valence-electron chi connectivity index (χ0n) is 17.8. The van der Waals surface area contributed by atoms with Crippen LogP contribution in [0.1, 0.15) is 11.1 Å². The van der Waals surface area contributed by atoms with Gasteiger partial charge in [0.25, 0.3) is 0 Å². The van der Waals surface area contributed by atoms with Crippen LogP contribution < -0.4 is 4.90 Å². The smallest absolute Gasteiger partial charge is 0.248 e. The molecule has 0 atom stereocenters. The minimum absolute atomic E-state index is 0.109. The van der Waals surface area contributed by atoms with Crippen molar-refractivity contribution < 1.29 is 9.59 Å². The Kier molecular flexibility index (Phi) is 5.15. The Morgan fingerprint density at radius 3 is 2.41 bits per heavy atom. The van der Waals surface area contributed by atoms with Gasteiger partial charge in [0.1, 0.15) is 5.52 Å². The summed E-state index contributed by atoms with van der Waals surface area (Å²) < 4.78 is 1.75. The number of hydrogen-bond acceptors (Lipinski definition) is 5. The van der Waals surface area contributed by atoms with Crippen molar-refractivity contribution in [3.8, 4) is 11.3 Å². The molecule has 2 aromatic carbocycles. The lowest BCUT2D eigenvalue weighted by Gasteiger charge is -2.33. The quantitative estimate of drug-likeness (QED) is 0.460. The molecule has 0 saturated carbocycles. The molecule has 7 nitrogen and oxygen atoms in total. The van der Waals surface area contributed by atoms with E-state index in [9.17, 15) is 9.59 Å². The fraction of sp³-hybridized carbons (Fsp3) is 0.200. The molecule has 0 bridgehead atoms. The average molecular weight is 425 g/mol. The highest BCUT2D eigenvalue weighted by Crippen LogP contribution is 2.27. The molecule has 1 fully saturated rings. The number of fused-ring (bicyclic) bond motifs is 1. The SMILES string of the molecule is Cc1ccccc1-c1cc2c(N3CC(=O)N(CCc4ccccc4)C(=O)C3)nccn2n1. The van der Waals surface area contributed by atoms with E-state index in [1.807, 2.05) is 67.6 Å². The molecule has 1 saturated heterocycles. The Morgan fingerprint density at radius 2 is 1.66 bits per heavy atom. The Morgan fingerprint density at radius 1 is 0.938 bits per heavy atom. The van der Waals surface area contributed by atoms with Gasteiger partial charge in [0, 0.05) is 24.5 Å². The third-order valence-corrected chi connectivity index (χ3v) is 5.81. The van der Waals surface area contributed by atoms with Gasteiger partial charge in [-0.1, -0.05) is 54.6 Å². The third kappa shape index (κ3) is 3.73. The fourth-order valence-corrected chi connectivity index (χ4v) is 4.12. The Bertz CT molecular complexity index is 1280. The van der Waals surface area contributed by atoms with Crippen molar-refractivity contribution in [1.82, 2.24) is 19.5 Å². The highest BCUT2D eigenvalue weighted by atomic mass is 16.2. The Labute approximate surface area is 185 Å². The second-order valence-corrected chi connectivity index (χ2v) is 7.96. The van der Waals surface area contributed by atoms with Crippen molar-refractivity contribution in [2.75, 3.05) is 24.5 Å². The second-order valence-electron chi connectivity index (χ2n) is 7.96. The first kappa shape index (κ1) is 19.9. The standard InChI is InChI=1S/C25H23N5O2/c1-18-7-5-6-10-20(18)21-15-22-25(26-12-14-30(22)27-21)28-16-23(31)29(24(32)17-28)13-11-19-8-3-2-4-9-19/h2-10,12,14-15H,11,13,16-17H2,1H3. The zero-order chi connectivity index (χ0) is 22.1. The lowest BCUT2D eigenvalue weighted by molar-refractivity contribution is -0.145. The van der Waals surface area contributed by atoms with Crippen LogP contribution in [0.2, 0.25) is 0 Å². The predicted octanol–water partition coefficient (Wildman–Crippen LogP) is 3.12. The van der Waals surface area contributed by atoms with Gasteiger partial charge in [-0.05, 0) is 30.5 Å². The van der Waals surface area contributed by atoms with Crippen LogP contribution in [-0.2, 0) is 16.0 Å². The number of imide groups is 1. The van der Waals surface area contributed by atoms with E-state index in [0.717, 1.165) is 27.9 Å². The van der Waals surface area contributed by atoms with Gasteiger partial charge in [-0.15, -0.1) is 0 Å². The molecule has 0 spiro atoms. The number of nitrogens with zero attached hydrogens (tertiary/aromatic N) is 5. The number of anilines is 1. The maximum atomic E-state index is 12.8. The van der Waals surface area contributed by atoms with Gasteiger partial charge < -0.3 is 4.90 Å². The van der Waals surface area contributed by atoms with E-state index in [-0.39, 0.29) is 24.9 Å². The number of aryl methyl sites for hydroxylation is 1. The first-order chi connectivity index (χ1) is 15.6. The predicted molar refractivity (Wildman–Crippen MR) is 122 cm³/mol. The van der Waals surface area contributed by atoms with Gasteiger partial charge in [-0.3, -0.25) is 14.5 Å². The van der Waals surface area contributed by atoms with Crippen molar-refractivity contribution >= 4 is 23.1 Å². The zero-order valence-corrected chi connectivity index (χ0v) is 17.8. The monoisotopic (exact) mass is 425 g/mol. The van der Waals surface area contributed by atoms with E-state index in [2.05, 4.69) is 10.1 Å². The summed E-state index contributed by atoms with van der Waals surface area (Å²) in [5.74, 6) is 0.170. The summed E-state index contributed by atoms with van der Waals surface area (Å²) in [6, 6.07) is 19.9. The van der Waals surface area contributed by atoms with Crippen molar-refractivity contribution in [2.24, 2.45) is 0 Å². The van der Waals surface area contributed by atoms with E-state index in [1.54, 1.807) is 21.8 Å². The van der Waals surface area contributed by atoms with Crippen LogP contribution in [0.4, 0.5) is 5.82 Å². The van der Waals surface area contributed by atoms with Gasteiger partial charge >= 0.3 is 0 Å². The van der Waals surface area contributed by atoms with Gasteiger partial charge in [-0.25, -0.2) is 9.50 Å². The second kappa shape index (κ2) is 8.26. The number of rotatable bonds is 5. The third-order valence-electron chi connectivity index (χ3n) is 5.81. The van der Waals surface area contributed by atoms with Gasteiger partial charge in [-0.2, -0.15) is 5.10 Å². The lowest BCUT2D eigenvalue weighted by Crippen LogP contribution is -2.54. The molecule has 1 aliphatic rings. The highest BCUT2D eigenvalue weighted by molar-refractivity contribution is 6.03. The average Bonchev–Trinajstić information content (AvgIpc) is 3.23. The molecule has 0 N–H and O–H groups in total. The van der Waals surface area contributed by atoms with Gasteiger partial charge in [0.2, 0.25) is 11.8 Å². The summed E-state index contributed by atoms with van der Waals surface area (Å²) in [4.78, 5) is 33.2. The Balaban J connectivity index is 1.39. The molecule has 160 valence electrons. The minimum Gasteiger partial charge on any atom is -0.336 e. The van der Waals surface area contributed by atoms with E-state index in [1.165, 1.54) is 4.90 Å². The van der Waals surface area contributed by atoms with E-state index >= 15 is 0 Å². The normalized spacial score (nSPS) is 14.4. The molecule has 2 amide bonds. The maximum absolute atomic E-state index is 12.8. The van der Waals surface area contributed by atoms with Crippen LogP contribution in [0.3, 0.4) is 0 Å². The van der Waals surface area contributed by atoms with Crippen LogP contribution in [0.25, 0.3) is 16.8 Å². The number of carbonyl (C=O) groups is 2. The van der Waals surface area contributed by atoms with E-state index < -0.39 is 0 Å². The summed E-state index contributed by atoms with van der Waals surface area (Å²) in [6.07, 6.45) is 4.07. The fourth-order valence-electron chi connectivity index (χ4n) is 4.12. The van der Waals surface area contributed by atoms with Gasteiger partial charge in [0.15, 0.2) is 5.82 Å². The Hall–Kier alpha value is -4.00. The molecule has 0 unspecified atom stereocenters. The number of amides is 2. The maximum Gasteiger partial charge on any atom is 0.248 e. The summed E-state index contributed by atoms with van der Waals surface area (Å²) in [7, 11) is 0. The summed E-state index contributed by atoms with van der Waals surface area (Å²) in [5.41, 5.74) is 4.87. The summed E-state index contributed by atoms with van der Waals surface area (Å²) in [6.45, 7) is 2.65. The topological polar surface area (TPSA) is 70.8 Å². The number of hydrogen-bond donors (Lipinski definition) is 0. The molecule has 0 radical (unpaired) electrons. The van der Waals surface area contributed by atoms with Crippen molar-refractivity contribution in [3.63, 3.8) is 0 Å². The molecule has 32 heavy (non-hydrogen) atoms. The van der Waals surface area contributed by atoms with Crippen LogP contribution >= 0.6 is 0 Å². The molecule has 7 heteroatoms. The molecule has 0 aliphatic carbocycles. The van der Waals surface area contributed by atoms with Gasteiger partial charge in [0.05, 0.1) is 18.8 Å². The van der Waals surface area contributed by atoms with Crippen LogP contribution in [-0.4, -0.2) is 50.9 Å². The number of benzene rings is 2. The van der Waals surface area contributed by atoms with Crippen molar-refractivity contribution in [1.29, 1.82) is 0 Å². The number of aromatic nitrogens is 3. The summed E-state index contributed by atoms with van der Waals surface area (Å²) >= 11 is 0. The summed E-state index contributed by atoms with van der Waals surface area (Å²) in [5, 5.41) is 4.69. The van der Waals surface area contributed by atoms with Crippen LogP contribution in [0, 0.1) is 6.92 Å². The number of piperazine rings is 1. The first-order valence-corrected chi connectivity index (χ1v) is 10.6. The molecular weight excluding hydrogens is 402 g/mol. The van der Waals surface area contributed by atoms with E-state index in [4.69, 9.17) is 0 Å². The molecule has 4 aromatic rings. The minimum atomic E-state index is -0.209. The molecule has 3 heterocycles. The largest absolute Gasteiger partial charge is 0.336 e. The molecule has 5 rings (SSSR count). The lowest BCUT2D eigenvalue weighted by atomic mass is 10.1. The number of carbonyl (C=O) groups excluding carboxylic acids is 2. The first-order valence-electron chi connectivity index (χ1n) is 10.6. The van der Waals surface area contributed by atoms with Crippen LogP contribution in [0.15, 0.2) is 73.1 Å². The van der Waals surface area contributed by atoms with Crippen molar-refractivity contribution in [3.05, 3.63) is 84.2 Å². The van der Waals surface area contributed by atoms with Crippen molar-refractivity contribution in [2.45, 2.75) is 13.3 Å². The van der Waals surface area contributed by atoms with Crippen LogP contribution in [0.5, 0.6) is 0 Å².